The van der Waals surface area contributed by atoms with E-state index in [0.29, 0.717) is 17.4 Å². The standard InChI is InChI=1S/C12H14N4O3/c1-15(7-6-11(17)18)8-16-12(19)9-4-2-3-5-10(9)13-14-16/h2-5H,6-8H2,1H3,(H,17,18). The Hall–Kier alpha value is -2.28. The molecule has 0 amide bonds. The van der Waals surface area contributed by atoms with Crippen LogP contribution in [0.5, 0.6) is 0 Å². The van der Waals surface area contributed by atoms with Crippen LogP contribution in [0.4, 0.5) is 0 Å². The molecule has 7 nitrogen and oxygen atoms in total. The first kappa shape index (κ1) is 13.2. The summed E-state index contributed by atoms with van der Waals surface area (Å²) >= 11 is 0. The van der Waals surface area contributed by atoms with Gasteiger partial charge >= 0.3 is 5.97 Å². The Morgan fingerprint density at radius 1 is 1.42 bits per heavy atom. The molecule has 0 unspecified atom stereocenters. The van der Waals surface area contributed by atoms with E-state index in [4.69, 9.17) is 5.11 Å². The summed E-state index contributed by atoms with van der Waals surface area (Å²) in [4.78, 5) is 24.3. The first-order chi connectivity index (χ1) is 9.08. The molecule has 19 heavy (non-hydrogen) atoms. The Morgan fingerprint density at radius 3 is 2.89 bits per heavy atom. The molecule has 0 saturated heterocycles. The Morgan fingerprint density at radius 2 is 2.16 bits per heavy atom. The highest BCUT2D eigenvalue weighted by Gasteiger charge is 2.08. The topological polar surface area (TPSA) is 88.3 Å². The van der Waals surface area contributed by atoms with Crippen LogP contribution in [0.25, 0.3) is 10.9 Å². The monoisotopic (exact) mass is 262 g/mol. The van der Waals surface area contributed by atoms with Crippen molar-refractivity contribution >= 4 is 16.9 Å². The molecule has 7 heteroatoms. The number of fused-ring (bicyclic) bond motifs is 1. The van der Waals surface area contributed by atoms with Crippen LogP contribution in [0.1, 0.15) is 6.42 Å². The van der Waals surface area contributed by atoms with Gasteiger partial charge in [-0.2, -0.15) is 4.68 Å². The average Bonchev–Trinajstić information content (AvgIpc) is 2.40. The molecule has 0 saturated carbocycles. The summed E-state index contributed by atoms with van der Waals surface area (Å²) in [5, 5.41) is 16.9. The fraction of sp³-hybridized carbons (Fsp3) is 0.333. The van der Waals surface area contributed by atoms with Crippen molar-refractivity contribution < 1.29 is 9.90 Å². The van der Waals surface area contributed by atoms with Crippen molar-refractivity contribution in [2.45, 2.75) is 13.1 Å². The maximum atomic E-state index is 12.1. The van der Waals surface area contributed by atoms with Gasteiger partial charge in [-0.25, -0.2) is 0 Å². The minimum Gasteiger partial charge on any atom is -0.481 e. The molecular weight excluding hydrogens is 248 g/mol. The molecule has 0 fully saturated rings. The van der Waals surface area contributed by atoms with Crippen molar-refractivity contribution in [1.29, 1.82) is 0 Å². The molecule has 0 aliphatic heterocycles. The Balaban J connectivity index is 2.19. The van der Waals surface area contributed by atoms with E-state index in [1.54, 1.807) is 36.2 Å². The second kappa shape index (κ2) is 5.57. The van der Waals surface area contributed by atoms with Gasteiger partial charge in [0, 0.05) is 6.54 Å². The molecule has 1 heterocycles. The van der Waals surface area contributed by atoms with E-state index in [9.17, 15) is 9.59 Å². The number of hydrogen-bond acceptors (Lipinski definition) is 5. The second-order valence-corrected chi connectivity index (χ2v) is 4.28. The van der Waals surface area contributed by atoms with Crippen LogP contribution < -0.4 is 5.56 Å². The van der Waals surface area contributed by atoms with Crippen LogP contribution in [0, 0.1) is 0 Å². The zero-order valence-electron chi connectivity index (χ0n) is 10.5. The molecule has 2 aromatic rings. The molecule has 100 valence electrons. The summed E-state index contributed by atoms with van der Waals surface area (Å²) in [6.45, 7) is 0.556. The van der Waals surface area contributed by atoms with E-state index < -0.39 is 5.97 Å². The van der Waals surface area contributed by atoms with E-state index >= 15 is 0 Å². The van der Waals surface area contributed by atoms with Gasteiger partial charge in [-0.3, -0.25) is 14.5 Å². The number of hydrogen-bond donors (Lipinski definition) is 1. The van der Waals surface area contributed by atoms with Crippen molar-refractivity contribution in [3.8, 4) is 0 Å². The van der Waals surface area contributed by atoms with Crippen molar-refractivity contribution in [1.82, 2.24) is 19.9 Å². The fourth-order valence-electron chi connectivity index (χ4n) is 1.70. The van der Waals surface area contributed by atoms with Gasteiger partial charge in [0.2, 0.25) is 0 Å². The number of rotatable bonds is 5. The molecule has 0 aliphatic carbocycles. The summed E-state index contributed by atoms with van der Waals surface area (Å²) in [6.07, 6.45) is 0.0201. The number of nitrogens with zero attached hydrogens (tertiary/aromatic N) is 4. The summed E-state index contributed by atoms with van der Waals surface area (Å²) < 4.78 is 1.23. The van der Waals surface area contributed by atoms with E-state index in [1.165, 1.54) is 4.68 Å². The molecule has 2 rings (SSSR count). The van der Waals surface area contributed by atoms with Crippen LogP contribution in [-0.2, 0) is 11.5 Å². The summed E-state index contributed by atoms with van der Waals surface area (Å²) in [7, 11) is 1.73. The third kappa shape index (κ3) is 3.14. The highest BCUT2D eigenvalue weighted by molar-refractivity contribution is 5.76. The highest BCUT2D eigenvalue weighted by Crippen LogP contribution is 2.03. The summed E-state index contributed by atoms with van der Waals surface area (Å²) in [5.41, 5.74) is 0.324. The van der Waals surface area contributed by atoms with Gasteiger partial charge in [0.15, 0.2) is 0 Å². The summed E-state index contributed by atoms with van der Waals surface area (Å²) in [5.74, 6) is -0.871. The number of carboxylic acid groups (broad SMARTS) is 1. The van der Waals surface area contributed by atoms with Gasteiger partial charge < -0.3 is 5.11 Å². The van der Waals surface area contributed by atoms with Gasteiger partial charge in [0.05, 0.1) is 18.5 Å². The van der Waals surface area contributed by atoms with Gasteiger partial charge in [-0.05, 0) is 19.2 Å². The first-order valence-corrected chi connectivity index (χ1v) is 5.81. The lowest BCUT2D eigenvalue weighted by molar-refractivity contribution is -0.137. The Bertz CT molecular complexity index is 653. The predicted octanol–water partition coefficient (Wildman–Crippen LogP) is 0.155. The lowest BCUT2D eigenvalue weighted by Gasteiger charge is -2.15. The smallest absolute Gasteiger partial charge is 0.304 e. The Labute approximate surface area is 109 Å². The van der Waals surface area contributed by atoms with Crippen LogP contribution in [0.3, 0.4) is 0 Å². The number of benzene rings is 1. The number of aromatic nitrogens is 3. The second-order valence-electron chi connectivity index (χ2n) is 4.28. The normalized spacial score (nSPS) is 11.1. The molecule has 1 aromatic heterocycles. The minimum atomic E-state index is -0.871. The van der Waals surface area contributed by atoms with E-state index in [1.807, 2.05) is 0 Å². The first-order valence-electron chi connectivity index (χ1n) is 5.81. The SMILES string of the molecule is CN(CCC(=O)O)Cn1nnc2ccccc2c1=O. The lowest BCUT2D eigenvalue weighted by atomic mass is 10.2. The van der Waals surface area contributed by atoms with E-state index in [0.717, 1.165) is 0 Å². The predicted molar refractivity (Wildman–Crippen MR) is 68.7 cm³/mol. The van der Waals surface area contributed by atoms with Crippen molar-refractivity contribution in [3.05, 3.63) is 34.6 Å². The largest absolute Gasteiger partial charge is 0.481 e. The van der Waals surface area contributed by atoms with Crippen molar-refractivity contribution in [2.24, 2.45) is 0 Å². The number of aliphatic carboxylic acids is 1. The quantitative estimate of drug-likeness (QED) is 0.825. The molecule has 0 spiro atoms. The molecule has 0 radical (unpaired) electrons. The zero-order valence-corrected chi connectivity index (χ0v) is 10.5. The average molecular weight is 262 g/mol. The molecular formula is C12H14N4O3. The summed E-state index contributed by atoms with van der Waals surface area (Å²) in [6, 6.07) is 6.98. The van der Waals surface area contributed by atoms with Gasteiger partial charge in [-0.1, -0.05) is 17.3 Å². The maximum Gasteiger partial charge on any atom is 0.304 e. The Kier molecular flexibility index (Phi) is 3.86. The third-order valence-electron chi connectivity index (χ3n) is 2.71. The van der Waals surface area contributed by atoms with Crippen LogP contribution in [0.15, 0.2) is 29.1 Å². The van der Waals surface area contributed by atoms with Gasteiger partial charge in [-0.15, -0.1) is 5.10 Å². The number of carboxylic acids is 1. The maximum absolute atomic E-state index is 12.1. The zero-order chi connectivity index (χ0) is 13.8. The lowest BCUT2D eigenvalue weighted by Crippen LogP contribution is -2.33. The minimum absolute atomic E-state index is 0.0201. The molecule has 0 aliphatic rings. The molecule has 1 aromatic carbocycles. The molecule has 0 atom stereocenters. The molecule has 0 bridgehead atoms. The van der Waals surface area contributed by atoms with Gasteiger partial charge in [0.25, 0.3) is 5.56 Å². The van der Waals surface area contributed by atoms with Crippen LogP contribution in [-0.4, -0.2) is 44.6 Å². The van der Waals surface area contributed by atoms with Crippen LogP contribution >= 0.6 is 0 Å². The number of carbonyl (C=O) groups is 1. The highest BCUT2D eigenvalue weighted by atomic mass is 16.4. The van der Waals surface area contributed by atoms with Crippen molar-refractivity contribution in [3.63, 3.8) is 0 Å². The van der Waals surface area contributed by atoms with E-state index in [2.05, 4.69) is 10.3 Å². The molecule has 1 N–H and O–H groups in total. The van der Waals surface area contributed by atoms with Gasteiger partial charge in [0.1, 0.15) is 5.52 Å². The van der Waals surface area contributed by atoms with Crippen molar-refractivity contribution in [2.75, 3.05) is 13.6 Å². The van der Waals surface area contributed by atoms with Crippen LogP contribution in [0.2, 0.25) is 0 Å². The fourth-order valence-corrected chi connectivity index (χ4v) is 1.70. The third-order valence-corrected chi connectivity index (χ3v) is 2.71. The van der Waals surface area contributed by atoms with E-state index in [-0.39, 0.29) is 18.6 Å².